The molecule has 0 spiro atoms. The largest absolute Gasteiger partial charge is 0.354 e. The van der Waals surface area contributed by atoms with Crippen molar-refractivity contribution in [3.8, 4) is 0 Å². The Balaban J connectivity index is 1.50. The topological polar surface area (TPSA) is 95.2 Å². The van der Waals surface area contributed by atoms with E-state index in [0.29, 0.717) is 16.8 Å². The molecule has 2 aromatic rings. The van der Waals surface area contributed by atoms with E-state index in [9.17, 15) is 18.8 Å². The van der Waals surface area contributed by atoms with Gasteiger partial charge in [-0.3, -0.25) is 19.3 Å². The van der Waals surface area contributed by atoms with Crippen molar-refractivity contribution in [3.63, 3.8) is 0 Å². The van der Waals surface area contributed by atoms with Crippen LogP contribution in [0.1, 0.15) is 28.9 Å². The van der Waals surface area contributed by atoms with E-state index in [0.717, 1.165) is 33.6 Å². The summed E-state index contributed by atoms with van der Waals surface area (Å²) in [5, 5.41) is 2.34. The highest BCUT2D eigenvalue weighted by Gasteiger charge is 2.34. The maximum absolute atomic E-state index is 13.0. The van der Waals surface area contributed by atoms with Gasteiger partial charge in [0.15, 0.2) is 4.77 Å². The van der Waals surface area contributed by atoms with Gasteiger partial charge in [0, 0.05) is 30.9 Å². The second-order valence-electron chi connectivity index (χ2n) is 6.97. The molecule has 162 valence electrons. The molecule has 2 N–H and O–H groups in total. The molecule has 1 aliphatic heterocycles. The summed E-state index contributed by atoms with van der Waals surface area (Å²) in [6, 6.07) is 5.63. The van der Waals surface area contributed by atoms with E-state index in [1.807, 2.05) is 13.8 Å². The number of aromatic nitrogens is 2. The van der Waals surface area contributed by atoms with Crippen molar-refractivity contribution in [2.45, 2.75) is 26.7 Å². The van der Waals surface area contributed by atoms with E-state index >= 15 is 0 Å². The lowest BCUT2D eigenvalue weighted by Gasteiger charge is -2.13. The monoisotopic (exact) mass is 460 g/mol. The predicted molar refractivity (Wildman–Crippen MR) is 119 cm³/mol. The number of rotatable bonds is 7. The number of nitrogens with one attached hydrogen (secondary N) is 2. The quantitative estimate of drug-likeness (QED) is 0.484. The van der Waals surface area contributed by atoms with E-state index in [1.165, 1.54) is 24.3 Å². The molecule has 10 heteroatoms. The van der Waals surface area contributed by atoms with Crippen molar-refractivity contribution in [3.05, 3.63) is 62.3 Å². The molecule has 7 nitrogen and oxygen atoms in total. The van der Waals surface area contributed by atoms with Crippen molar-refractivity contribution in [2.24, 2.45) is 0 Å². The summed E-state index contributed by atoms with van der Waals surface area (Å²) in [5.74, 6) is -0.987. The number of thioether (sulfide) groups is 1. The number of hydrogen-bond donors (Lipinski definition) is 2. The van der Waals surface area contributed by atoms with Crippen LogP contribution in [-0.2, 0) is 16.0 Å². The van der Waals surface area contributed by atoms with Gasteiger partial charge in [-0.15, -0.1) is 0 Å². The van der Waals surface area contributed by atoms with E-state index in [1.54, 1.807) is 6.08 Å². The molecule has 0 aliphatic carbocycles. The first-order chi connectivity index (χ1) is 14.7. The number of carbonyl (C=O) groups excluding carboxylic acids is 3. The Hall–Kier alpha value is -2.85. The van der Waals surface area contributed by atoms with Crippen molar-refractivity contribution in [2.75, 3.05) is 13.1 Å². The molecule has 3 rings (SSSR count). The molecular weight excluding hydrogens is 439 g/mol. The predicted octanol–water partition coefficient (Wildman–Crippen LogP) is 3.68. The Morgan fingerprint density at radius 2 is 2.00 bits per heavy atom. The van der Waals surface area contributed by atoms with Crippen LogP contribution in [0.3, 0.4) is 0 Å². The first kappa shape index (κ1) is 22.8. The molecule has 31 heavy (non-hydrogen) atoms. The SMILES string of the molecule is Cc1nc(=S)[nH]c(C)c1CCC(=O)NCCN1C(=O)S/C(=C/c2ccc(F)cc2)C1=O. The van der Waals surface area contributed by atoms with Crippen LogP contribution >= 0.6 is 24.0 Å². The summed E-state index contributed by atoms with van der Waals surface area (Å²) >= 11 is 5.86. The van der Waals surface area contributed by atoms with Crippen molar-refractivity contribution in [1.82, 2.24) is 20.2 Å². The lowest BCUT2D eigenvalue weighted by atomic mass is 10.1. The normalized spacial score (nSPS) is 15.1. The van der Waals surface area contributed by atoms with E-state index < -0.39 is 11.1 Å². The number of aryl methyl sites for hydroxylation is 2. The maximum atomic E-state index is 13.0. The molecule has 2 heterocycles. The molecule has 3 amide bonds. The number of halogens is 1. The molecular formula is C21H21FN4O3S2. The Morgan fingerprint density at radius 3 is 2.68 bits per heavy atom. The highest BCUT2D eigenvalue weighted by atomic mass is 32.2. The summed E-state index contributed by atoms with van der Waals surface area (Å²) in [5.41, 5.74) is 3.25. The average Bonchev–Trinajstić information content (AvgIpc) is 2.96. The molecule has 1 aromatic heterocycles. The first-order valence-electron chi connectivity index (χ1n) is 9.58. The van der Waals surface area contributed by atoms with Gasteiger partial charge in [0.05, 0.1) is 4.91 Å². The van der Waals surface area contributed by atoms with E-state index in [4.69, 9.17) is 12.2 Å². The highest BCUT2D eigenvalue weighted by Crippen LogP contribution is 2.31. The maximum Gasteiger partial charge on any atom is 0.293 e. The lowest BCUT2D eigenvalue weighted by molar-refractivity contribution is -0.124. The second-order valence-corrected chi connectivity index (χ2v) is 8.35. The second kappa shape index (κ2) is 9.97. The number of nitrogens with zero attached hydrogens (tertiary/aromatic N) is 2. The van der Waals surface area contributed by atoms with E-state index in [-0.39, 0.29) is 36.1 Å². The average molecular weight is 461 g/mol. The molecule has 0 saturated carbocycles. The molecule has 1 aromatic carbocycles. The van der Waals surface area contributed by atoms with Gasteiger partial charge in [0.1, 0.15) is 5.82 Å². The minimum absolute atomic E-state index is 0.0786. The Labute approximate surface area is 188 Å². The van der Waals surface area contributed by atoms with Crippen LogP contribution in [0.25, 0.3) is 6.08 Å². The minimum Gasteiger partial charge on any atom is -0.354 e. The molecule has 1 fully saturated rings. The number of amides is 3. The zero-order valence-corrected chi connectivity index (χ0v) is 18.7. The van der Waals surface area contributed by atoms with Crippen molar-refractivity contribution >= 4 is 47.1 Å². The number of H-pyrrole nitrogens is 1. The van der Waals surface area contributed by atoms with E-state index in [2.05, 4.69) is 15.3 Å². The van der Waals surface area contributed by atoms with Crippen molar-refractivity contribution in [1.29, 1.82) is 0 Å². The first-order valence-corrected chi connectivity index (χ1v) is 10.8. The highest BCUT2D eigenvalue weighted by molar-refractivity contribution is 8.18. The molecule has 0 bridgehead atoms. The molecule has 0 radical (unpaired) electrons. The number of carbonyl (C=O) groups is 3. The van der Waals surface area contributed by atoms with Gasteiger partial charge in [-0.05, 0) is 73.6 Å². The van der Waals surface area contributed by atoms with Crippen LogP contribution in [0.15, 0.2) is 29.2 Å². The fraction of sp³-hybridized carbons (Fsp3) is 0.286. The van der Waals surface area contributed by atoms with Crippen LogP contribution in [0.2, 0.25) is 0 Å². The number of benzene rings is 1. The van der Waals surface area contributed by atoms with Crippen LogP contribution in [0.5, 0.6) is 0 Å². The Bertz CT molecular complexity index is 1090. The number of imide groups is 1. The smallest absolute Gasteiger partial charge is 0.293 e. The summed E-state index contributed by atoms with van der Waals surface area (Å²) < 4.78 is 13.4. The van der Waals surface area contributed by atoms with Crippen LogP contribution in [0.4, 0.5) is 9.18 Å². The van der Waals surface area contributed by atoms with Crippen molar-refractivity contribution < 1.29 is 18.8 Å². The Morgan fingerprint density at radius 1 is 1.29 bits per heavy atom. The van der Waals surface area contributed by atoms with Crippen LogP contribution < -0.4 is 5.32 Å². The van der Waals surface area contributed by atoms with Gasteiger partial charge >= 0.3 is 0 Å². The summed E-state index contributed by atoms with van der Waals surface area (Å²) in [6.45, 7) is 3.98. The van der Waals surface area contributed by atoms with Gasteiger partial charge in [-0.25, -0.2) is 9.37 Å². The summed E-state index contributed by atoms with van der Waals surface area (Å²) in [4.78, 5) is 45.4. The molecule has 0 unspecified atom stereocenters. The number of hydrogen-bond acceptors (Lipinski definition) is 6. The molecule has 1 saturated heterocycles. The third-order valence-corrected chi connectivity index (χ3v) is 5.85. The van der Waals surface area contributed by atoms with Crippen LogP contribution in [-0.4, -0.2) is 45.0 Å². The van der Waals surface area contributed by atoms with Crippen LogP contribution in [0, 0.1) is 24.4 Å². The number of aromatic amines is 1. The third-order valence-electron chi connectivity index (χ3n) is 4.75. The van der Waals surface area contributed by atoms with Gasteiger partial charge in [-0.2, -0.15) is 0 Å². The van der Waals surface area contributed by atoms with Gasteiger partial charge in [-0.1, -0.05) is 12.1 Å². The fourth-order valence-corrected chi connectivity index (χ4v) is 4.32. The van der Waals surface area contributed by atoms with Gasteiger partial charge in [0.2, 0.25) is 5.91 Å². The molecule has 0 atom stereocenters. The minimum atomic E-state index is -0.426. The summed E-state index contributed by atoms with van der Waals surface area (Å²) in [7, 11) is 0. The zero-order valence-electron chi connectivity index (χ0n) is 17.0. The zero-order chi connectivity index (χ0) is 22.5. The Kier molecular flexibility index (Phi) is 7.34. The van der Waals surface area contributed by atoms with Gasteiger partial charge < -0.3 is 10.3 Å². The summed E-state index contributed by atoms with van der Waals surface area (Å²) in [6.07, 6.45) is 2.30. The lowest BCUT2D eigenvalue weighted by Crippen LogP contribution is -2.37. The molecule has 1 aliphatic rings. The fourth-order valence-electron chi connectivity index (χ4n) is 3.16. The van der Waals surface area contributed by atoms with Gasteiger partial charge in [0.25, 0.3) is 11.1 Å². The third kappa shape index (κ3) is 5.86. The standard InChI is InChI=1S/C21H21FN4O3S2/c1-12-16(13(2)25-20(30)24-12)7-8-18(27)23-9-10-26-19(28)17(31-21(26)29)11-14-3-5-15(22)6-4-14/h3-6,11H,7-10H2,1-2H3,(H,23,27)(H,24,25,30)/b17-11+.